The highest BCUT2D eigenvalue weighted by atomic mass is 127. The molecule has 9 heteroatoms. The Balaban J connectivity index is 1.52. The molecule has 0 N–H and O–H groups in total. The summed E-state index contributed by atoms with van der Waals surface area (Å²) >= 11 is 9.95. The first-order valence-electron chi connectivity index (χ1n) is 10.1. The summed E-state index contributed by atoms with van der Waals surface area (Å²) in [5.41, 5.74) is 2.67. The number of amides is 2. The number of ether oxygens (including phenoxy) is 2. The van der Waals surface area contributed by atoms with Gasteiger partial charge in [-0.3, -0.25) is 14.5 Å². The lowest BCUT2D eigenvalue weighted by Crippen LogP contribution is -2.27. The average Bonchev–Trinajstić information content (AvgIpc) is 3.07. The minimum absolute atomic E-state index is 0.235. The van der Waals surface area contributed by atoms with Crippen LogP contribution in [-0.2, 0) is 17.9 Å². The fourth-order valence-electron chi connectivity index (χ4n) is 3.26. The maximum atomic E-state index is 12.9. The van der Waals surface area contributed by atoms with E-state index < -0.39 is 0 Å². The summed E-state index contributed by atoms with van der Waals surface area (Å²) in [5.74, 6) is 0.887. The second-order valence-corrected chi connectivity index (χ2v) is 11.3. The molecular weight excluding hydrogens is 697 g/mol. The SMILES string of the molecule is COc1cc(/C=C2\SC(=O)N(Cc3ccc(Br)cc3)C2=O)cc(I)c1OCc1ccc(Br)cc1. The second kappa shape index (κ2) is 11.3. The van der Waals surface area contributed by atoms with Gasteiger partial charge in [0.2, 0.25) is 0 Å². The molecule has 0 radical (unpaired) electrons. The average molecular weight is 715 g/mol. The second-order valence-electron chi connectivity index (χ2n) is 7.34. The van der Waals surface area contributed by atoms with E-state index in [0.29, 0.717) is 23.0 Å². The number of thioether (sulfide) groups is 1. The summed E-state index contributed by atoms with van der Waals surface area (Å²) in [6.45, 7) is 0.632. The number of imide groups is 1. The maximum Gasteiger partial charge on any atom is 0.293 e. The third-order valence-electron chi connectivity index (χ3n) is 4.97. The van der Waals surface area contributed by atoms with Crippen LogP contribution in [0, 0.1) is 3.57 Å². The van der Waals surface area contributed by atoms with Crippen molar-refractivity contribution >= 4 is 83.4 Å². The zero-order chi connectivity index (χ0) is 24.2. The Morgan fingerprint density at radius 2 is 1.59 bits per heavy atom. The van der Waals surface area contributed by atoms with Gasteiger partial charge in [0.25, 0.3) is 11.1 Å². The van der Waals surface area contributed by atoms with Crippen LogP contribution in [0.4, 0.5) is 4.79 Å². The normalized spacial score (nSPS) is 14.7. The molecule has 0 saturated carbocycles. The van der Waals surface area contributed by atoms with Crippen LogP contribution in [0.25, 0.3) is 6.08 Å². The van der Waals surface area contributed by atoms with Gasteiger partial charge < -0.3 is 9.47 Å². The predicted molar refractivity (Wildman–Crippen MR) is 150 cm³/mol. The summed E-state index contributed by atoms with van der Waals surface area (Å²) in [4.78, 5) is 27.1. The molecule has 0 aliphatic carbocycles. The van der Waals surface area contributed by atoms with E-state index in [2.05, 4.69) is 54.5 Å². The molecule has 0 unspecified atom stereocenters. The van der Waals surface area contributed by atoms with Crippen LogP contribution < -0.4 is 9.47 Å². The van der Waals surface area contributed by atoms with Crippen molar-refractivity contribution in [3.05, 3.63) is 94.8 Å². The molecule has 0 aromatic heterocycles. The van der Waals surface area contributed by atoms with Gasteiger partial charge in [-0.15, -0.1) is 0 Å². The lowest BCUT2D eigenvalue weighted by molar-refractivity contribution is -0.123. The Bertz CT molecular complexity index is 1260. The zero-order valence-electron chi connectivity index (χ0n) is 17.9. The maximum absolute atomic E-state index is 12.9. The van der Waals surface area contributed by atoms with Crippen molar-refractivity contribution in [1.29, 1.82) is 0 Å². The Morgan fingerprint density at radius 3 is 2.21 bits per heavy atom. The number of rotatable bonds is 7. The van der Waals surface area contributed by atoms with Crippen LogP contribution in [0.2, 0.25) is 0 Å². The van der Waals surface area contributed by atoms with Gasteiger partial charge >= 0.3 is 0 Å². The van der Waals surface area contributed by atoms with Crippen molar-refractivity contribution in [2.45, 2.75) is 13.2 Å². The highest BCUT2D eigenvalue weighted by Gasteiger charge is 2.35. The molecule has 2 amide bonds. The summed E-state index contributed by atoms with van der Waals surface area (Å²) in [6, 6.07) is 19.2. The first-order valence-corrected chi connectivity index (χ1v) is 13.6. The fraction of sp³-hybridized carbons (Fsp3) is 0.120. The largest absolute Gasteiger partial charge is 0.493 e. The summed E-state index contributed by atoms with van der Waals surface area (Å²) < 4.78 is 14.4. The number of hydrogen-bond acceptors (Lipinski definition) is 5. The van der Waals surface area contributed by atoms with Crippen molar-refractivity contribution in [3.8, 4) is 11.5 Å². The first kappa shape index (κ1) is 25.3. The quantitative estimate of drug-likeness (QED) is 0.186. The standard InChI is InChI=1S/C25H18Br2INO4S/c1-32-21-11-17(10-20(28)23(21)33-14-16-4-8-19(27)9-5-16)12-22-24(30)29(25(31)34-22)13-15-2-6-18(26)7-3-15/h2-12H,13-14H2,1H3/b22-12-. The Labute approximate surface area is 232 Å². The minimum Gasteiger partial charge on any atom is -0.493 e. The molecule has 1 fully saturated rings. The van der Waals surface area contributed by atoms with E-state index in [9.17, 15) is 9.59 Å². The molecule has 3 aromatic carbocycles. The summed E-state index contributed by atoms with van der Waals surface area (Å²) in [6.07, 6.45) is 1.72. The molecule has 5 nitrogen and oxygen atoms in total. The first-order chi connectivity index (χ1) is 16.3. The molecule has 34 heavy (non-hydrogen) atoms. The molecule has 174 valence electrons. The number of benzene rings is 3. The van der Waals surface area contributed by atoms with E-state index >= 15 is 0 Å². The van der Waals surface area contributed by atoms with Crippen molar-refractivity contribution < 1.29 is 19.1 Å². The van der Waals surface area contributed by atoms with Gasteiger partial charge in [0.15, 0.2) is 11.5 Å². The van der Waals surface area contributed by atoms with Crippen LogP contribution >= 0.6 is 66.2 Å². The molecule has 1 aliphatic heterocycles. The van der Waals surface area contributed by atoms with E-state index in [1.807, 2.05) is 60.7 Å². The highest BCUT2D eigenvalue weighted by Crippen LogP contribution is 2.38. The van der Waals surface area contributed by atoms with Crippen molar-refractivity contribution in [2.75, 3.05) is 7.11 Å². The Kier molecular flexibility index (Phi) is 8.39. The molecule has 3 aromatic rings. The number of hydrogen-bond donors (Lipinski definition) is 0. The number of halogens is 3. The smallest absolute Gasteiger partial charge is 0.293 e. The van der Waals surface area contributed by atoms with Gasteiger partial charge in [-0.05, 0) is 93.5 Å². The molecule has 0 spiro atoms. The van der Waals surface area contributed by atoms with Crippen LogP contribution in [0.1, 0.15) is 16.7 Å². The number of carbonyl (C=O) groups excluding carboxylic acids is 2. The summed E-state index contributed by atoms with van der Waals surface area (Å²) in [5, 5.41) is -0.282. The Hall–Kier alpha value is -1.82. The van der Waals surface area contributed by atoms with Crippen LogP contribution in [0.15, 0.2) is 74.5 Å². The molecular formula is C25H18Br2INO4S. The van der Waals surface area contributed by atoms with Crippen molar-refractivity contribution in [3.63, 3.8) is 0 Å². The van der Waals surface area contributed by atoms with Gasteiger partial charge in [0, 0.05) is 8.95 Å². The predicted octanol–water partition coefficient (Wildman–Crippen LogP) is 7.64. The number of methoxy groups -OCH3 is 1. The van der Waals surface area contributed by atoms with E-state index in [0.717, 1.165) is 41.0 Å². The molecule has 0 atom stereocenters. The van der Waals surface area contributed by atoms with Gasteiger partial charge in [-0.25, -0.2) is 0 Å². The van der Waals surface area contributed by atoms with Crippen LogP contribution in [-0.4, -0.2) is 23.2 Å². The van der Waals surface area contributed by atoms with Crippen LogP contribution in [0.3, 0.4) is 0 Å². The van der Waals surface area contributed by atoms with E-state index in [4.69, 9.17) is 9.47 Å². The molecule has 1 aliphatic rings. The number of carbonyl (C=O) groups is 2. The lowest BCUT2D eigenvalue weighted by atomic mass is 10.1. The van der Waals surface area contributed by atoms with Crippen LogP contribution in [0.5, 0.6) is 11.5 Å². The van der Waals surface area contributed by atoms with Crippen molar-refractivity contribution in [2.24, 2.45) is 0 Å². The fourth-order valence-corrected chi connectivity index (χ4v) is 5.41. The highest BCUT2D eigenvalue weighted by molar-refractivity contribution is 14.1. The van der Waals surface area contributed by atoms with Crippen molar-refractivity contribution in [1.82, 2.24) is 4.90 Å². The topological polar surface area (TPSA) is 55.8 Å². The third kappa shape index (κ3) is 6.05. The van der Waals surface area contributed by atoms with Gasteiger partial charge in [0.05, 0.1) is 22.1 Å². The molecule has 4 rings (SSSR count). The van der Waals surface area contributed by atoms with Gasteiger partial charge in [0.1, 0.15) is 6.61 Å². The minimum atomic E-state index is -0.303. The summed E-state index contributed by atoms with van der Waals surface area (Å²) in [7, 11) is 1.58. The monoisotopic (exact) mass is 713 g/mol. The molecule has 1 heterocycles. The van der Waals surface area contributed by atoms with E-state index in [-0.39, 0.29) is 17.7 Å². The Morgan fingerprint density at radius 1 is 0.971 bits per heavy atom. The zero-order valence-corrected chi connectivity index (χ0v) is 24.0. The molecule has 1 saturated heterocycles. The third-order valence-corrected chi connectivity index (χ3v) is 7.74. The van der Waals surface area contributed by atoms with Gasteiger partial charge in [-0.1, -0.05) is 56.1 Å². The lowest BCUT2D eigenvalue weighted by Gasteiger charge is -2.14. The van der Waals surface area contributed by atoms with Gasteiger partial charge in [-0.2, -0.15) is 0 Å². The van der Waals surface area contributed by atoms with E-state index in [1.54, 1.807) is 13.2 Å². The van der Waals surface area contributed by atoms with E-state index in [1.165, 1.54) is 4.90 Å². The molecule has 0 bridgehead atoms. The number of nitrogens with zero attached hydrogens (tertiary/aromatic N) is 1.